The molecular weight excluding hydrogens is 586 g/mol. The van der Waals surface area contributed by atoms with Gasteiger partial charge in [-0.15, -0.1) is 0 Å². The van der Waals surface area contributed by atoms with E-state index in [1.54, 1.807) is 12.1 Å². The highest BCUT2D eigenvalue weighted by Gasteiger charge is 2.73. The van der Waals surface area contributed by atoms with Crippen LogP contribution in [-0.2, 0) is 24.5 Å². The molecule has 3 unspecified atom stereocenters. The smallest absolute Gasteiger partial charge is 0.246 e. The molecule has 3 amide bonds. The Balaban J connectivity index is 1.49. The van der Waals surface area contributed by atoms with Gasteiger partial charge >= 0.3 is 0 Å². The molecule has 2 saturated heterocycles. The van der Waals surface area contributed by atoms with Gasteiger partial charge in [-0.2, -0.15) is 0 Å². The van der Waals surface area contributed by atoms with Crippen LogP contribution in [0, 0.1) is 11.2 Å². The summed E-state index contributed by atoms with van der Waals surface area (Å²) < 4.78 is 21.5. The van der Waals surface area contributed by atoms with Crippen LogP contribution in [0.1, 0.15) is 69.4 Å². The van der Waals surface area contributed by atoms with E-state index < -0.39 is 52.7 Å². The van der Waals surface area contributed by atoms with Gasteiger partial charge in [0.05, 0.1) is 18.7 Å². The number of nitrogens with one attached hydrogen (secondary N) is 3. The van der Waals surface area contributed by atoms with Gasteiger partial charge in [-0.1, -0.05) is 43.1 Å². The largest absolute Gasteiger partial charge is 0.367 e. The number of anilines is 1. The fourth-order valence-corrected chi connectivity index (χ4v) is 7.89. The van der Waals surface area contributed by atoms with Gasteiger partial charge in [-0.05, 0) is 61.6 Å². The van der Waals surface area contributed by atoms with Crippen molar-refractivity contribution in [2.45, 2.75) is 87.4 Å². The topological polar surface area (TPSA) is 148 Å². The van der Waals surface area contributed by atoms with Gasteiger partial charge in [0.2, 0.25) is 17.7 Å². The minimum Gasteiger partial charge on any atom is -0.367 e. The first-order valence-corrected chi connectivity index (χ1v) is 14.9. The van der Waals surface area contributed by atoms with E-state index in [1.807, 2.05) is 0 Å². The summed E-state index contributed by atoms with van der Waals surface area (Å²) in [6.45, 7) is 4.46. The summed E-state index contributed by atoms with van der Waals surface area (Å²) in [5.74, 6) is -2.84. The second-order valence-electron chi connectivity index (χ2n) is 12.7. The second-order valence-corrected chi connectivity index (χ2v) is 13.4. The average molecular weight is 620 g/mol. The van der Waals surface area contributed by atoms with Crippen LogP contribution < -0.4 is 21.7 Å². The zero-order valence-electron chi connectivity index (χ0n) is 23.3. The summed E-state index contributed by atoms with van der Waals surface area (Å²) in [5.41, 5.74) is 3.74. The number of hydrogen-bond acceptors (Lipinski definition) is 7. The molecule has 10 nitrogen and oxygen atoms in total. The predicted octanol–water partition coefficient (Wildman–Crippen LogP) is 3.36. The van der Waals surface area contributed by atoms with Gasteiger partial charge in [-0.25, -0.2) is 14.4 Å². The Morgan fingerprint density at radius 1 is 1.14 bits per heavy atom. The van der Waals surface area contributed by atoms with Crippen molar-refractivity contribution >= 4 is 46.7 Å². The number of primary amides is 1. The van der Waals surface area contributed by atoms with Gasteiger partial charge in [0, 0.05) is 23.2 Å². The maximum absolute atomic E-state index is 16.0. The Bertz CT molecular complexity index is 1460. The first-order valence-electron chi connectivity index (χ1n) is 14.2. The van der Waals surface area contributed by atoms with Crippen LogP contribution in [0.4, 0.5) is 10.2 Å². The number of carbonyl (C=O) groups is 3. The van der Waals surface area contributed by atoms with E-state index in [0.717, 1.165) is 12.8 Å². The molecule has 1 aliphatic carbocycles. The van der Waals surface area contributed by atoms with Crippen molar-refractivity contribution in [2.24, 2.45) is 11.1 Å². The summed E-state index contributed by atoms with van der Waals surface area (Å²) in [6, 6.07) is 3.41. The molecule has 4 aliphatic rings. The quantitative estimate of drug-likeness (QED) is 0.384. The van der Waals surface area contributed by atoms with Crippen molar-refractivity contribution in [3.05, 3.63) is 51.6 Å². The molecule has 2 aromatic rings. The fourth-order valence-electron chi connectivity index (χ4n) is 7.58. The van der Waals surface area contributed by atoms with Crippen LogP contribution in [0.2, 0.25) is 10.3 Å². The Hall–Kier alpha value is -2.86. The number of fused-ring (bicyclic) bond motifs is 3. The molecule has 2 spiro atoms. The van der Waals surface area contributed by atoms with E-state index >= 15 is 4.39 Å². The Kier molecular flexibility index (Phi) is 7.23. The SMILES string of the molecule is CC1(C)CCC2(CC1)NC(C(=O)N[C@@H]1CC[C@@H](C(N)=O)OC1)C(c1ccnc(Cl)c1F)C21C(=O)Nc2nc(Cl)ccc21. The Morgan fingerprint density at radius 3 is 2.55 bits per heavy atom. The monoisotopic (exact) mass is 618 g/mol. The summed E-state index contributed by atoms with van der Waals surface area (Å²) in [6.07, 6.45) is 4.17. The summed E-state index contributed by atoms with van der Waals surface area (Å²) in [5, 5.41) is 9.39. The van der Waals surface area contributed by atoms with Crippen molar-refractivity contribution in [1.29, 1.82) is 0 Å². The van der Waals surface area contributed by atoms with Gasteiger partial charge in [0.1, 0.15) is 22.5 Å². The normalized spacial score (nSPS) is 31.1. The van der Waals surface area contributed by atoms with Crippen molar-refractivity contribution in [3.8, 4) is 0 Å². The lowest BCUT2D eigenvalue weighted by Gasteiger charge is -2.50. The highest BCUT2D eigenvalue weighted by molar-refractivity contribution is 6.30. The summed E-state index contributed by atoms with van der Waals surface area (Å²) in [7, 11) is 0. The molecule has 3 fully saturated rings. The van der Waals surface area contributed by atoms with Crippen LogP contribution in [0.25, 0.3) is 0 Å². The van der Waals surface area contributed by atoms with Gasteiger partial charge in [-0.3, -0.25) is 19.7 Å². The molecule has 5 N–H and O–H groups in total. The van der Waals surface area contributed by atoms with Crippen LogP contribution in [0.5, 0.6) is 0 Å². The highest BCUT2D eigenvalue weighted by atomic mass is 35.5. The number of rotatable bonds is 4. The van der Waals surface area contributed by atoms with Crippen molar-refractivity contribution < 1.29 is 23.5 Å². The first-order chi connectivity index (χ1) is 19.9. The molecule has 0 radical (unpaired) electrons. The lowest BCUT2D eigenvalue weighted by Crippen LogP contribution is -2.61. The van der Waals surface area contributed by atoms with E-state index in [0.29, 0.717) is 37.1 Å². The molecule has 6 rings (SSSR count). The van der Waals surface area contributed by atoms with Crippen molar-refractivity contribution in [1.82, 2.24) is 20.6 Å². The predicted molar refractivity (Wildman–Crippen MR) is 154 cm³/mol. The van der Waals surface area contributed by atoms with Gasteiger partial charge in [0.15, 0.2) is 11.0 Å². The summed E-state index contributed by atoms with van der Waals surface area (Å²) >= 11 is 12.4. The van der Waals surface area contributed by atoms with E-state index in [1.165, 1.54) is 12.3 Å². The number of hydrogen-bond donors (Lipinski definition) is 4. The molecule has 5 heterocycles. The van der Waals surface area contributed by atoms with Crippen LogP contribution >= 0.6 is 23.2 Å². The molecular formula is C29H33Cl2FN6O4. The van der Waals surface area contributed by atoms with Gasteiger partial charge < -0.3 is 21.1 Å². The maximum atomic E-state index is 16.0. The van der Waals surface area contributed by atoms with Crippen LogP contribution in [-0.4, -0.2) is 58.0 Å². The minimum atomic E-state index is -1.41. The molecule has 0 aromatic carbocycles. The number of ether oxygens (including phenoxy) is 1. The van der Waals surface area contributed by atoms with E-state index in [9.17, 15) is 14.4 Å². The zero-order valence-corrected chi connectivity index (χ0v) is 24.8. The lowest BCUT2D eigenvalue weighted by atomic mass is 9.53. The number of nitrogens with zero attached hydrogens (tertiary/aromatic N) is 2. The van der Waals surface area contributed by atoms with E-state index in [4.69, 9.17) is 33.7 Å². The average Bonchev–Trinajstić information content (AvgIpc) is 3.40. The maximum Gasteiger partial charge on any atom is 0.246 e. The standard InChI is InChI=1S/C29H33Cl2FN6O4/c1-27(2)8-10-28(11-9-27)29(16-4-6-18(30)36-24(16)37-26(29)41)19(15-7-12-34-22(31)20(15)32)21(38-28)25(40)35-14-3-5-17(23(33)39)42-13-14/h4,6-7,12,14,17,19,21,38H,3,5,8-11,13H2,1-2H3,(H2,33,39)(H,35,40)(H,36,37,41)/t14-,17+,19?,21?,29?/m1/s1. The molecule has 0 bridgehead atoms. The van der Waals surface area contributed by atoms with Crippen LogP contribution in [0.3, 0.4) is 0 Å². The number of carbonyl (C=O) groups excluding carboxylic acids is 3. The van der Waals surface area contributed by atoms with Crippen LogP contribution in [0.15, 0.2) is 24.4 Å². The Morgan fingerprint density at radius 2 is 1.88 bits per heavy atom. The molecule has 5 atom stereocenters. The van der Waals surface area contributed by atoms with E-state index in [2.05, 4.69) is 39.8 Å². The third kappa shape index (κ3) is 4.47. The number of halogens is 3. The second kappa shape index (κ2) is 10.4. The molecule has 224 valence electrons. The molecule has 2 aromatic heterocycles. The molecule has 3 aliphatic heterocycles. The fraction of sp³-hybridized carbons (Fsp3) is 0.552. The number of nitrogens with two attached hydrogens (primary N) is 1. The summed E-state index contributed by atoms with van der Waals surface area (Å²) in [4.78, 5) is 48.5. The van der Waals surface area contributed by atoms with Gasteiger partial charge in [0.25, 0.3) is 0 Å². The number of amides is 3. The highest BCUT2D eigenvalue weighted by Crippen LogP contribution is 2.63. The van der Waals surface area contributed by atoms with Crippen molar-refractivity contribution in [3.63, 3.8) is 0 Å². The third-order valence-corrected chi connectivity index (χ3v) is 10.2. The number of aromatic nitrogens is 2. The molecule has 42 heavy (non-hydrogen) atoms. The number of pyridine rings is 2. The molecule has 13 heteroatoms. The van der Waals surface area contributed by atoms with E-state index in [-0.39, 0.29) is 33.8 Å². The first kappa shape index (κ1) is 29.2. The zero-order chi connectivity index (χ0) is 30.0. The van der Waals surface area contributed by atoms with Crippen molar-refractivity contribution in [2.75, 3.05) is 11.9 Å². The third-order valence-electron chi connectivity index (χ3n) is 9.75. The lowest BCUT2D eigenvalue weighted by molar-refractivity contribution is -0.134. The minimum absolute atomic E-state index is 0.0156. The Labute approximate surface area is 252 Å². The molecule has 1 saturated carbocycles.